The normalized spacial score (nSPS) is 10.2. The zero-order chi connectivity index (χ0) is 13.8. The minimum Gasteiger partial charge on any atom is -0.375 e. The third-order valence-electron chi connectivity index (χ3n) is 2.90. The number of benzene rings is 2. The van der Waals surface area contributed by atoms with Gasteiger partial charge < -0.3 is 5.32 Å². The Bertz CT molecular complexity index is 614. The third-order valence-corrected chi connectivity index (χ3v) is 3.20. The number of rotatable bonds is 4. The minimum atomic E-state index is -0.470. The predicted octanol–water partition coefficient (Wildman–Crippen LogP) is 4.17. The van der Waals surface area contributed by atoms with E-state index in [2.05, 4.69) is 5.32 Å². The molecule has 0 aliphatic rings. The van der Waals surface area contributed by atoms with E-state index in [1.807, 2.05) is 31.2 Å². The van der Waals surface area contributed by atoms with Crippen LogP contribution in [0.25, 0.3) is 0 Å². The fourth-order valence-corrected chi connectivity index (χ4v) is 2.09. The minimum absolute atomic E-state index is 0.0854. The Morgan fingerprint density at radius 1 is 1.21 bits per heavy atom. The fourth-order valence-electron chi connectivity index (χ4n) is 1.84. The van der Waals surface area contributed by atoms with Crippen molar-refractivity contribution in [1.82, 2.24) is 0 Å². The first-order valence-electron chi connectivity index (χ1n) is 5.81. The monoisotopic (exact) mass is 276 g/mol. The lowest BCUT2D eigenvalue weighted by Crippen LogP contribution is -2.04. The number of nitrogens with zero attached hydrogens (tertiary/aromatic N) is 1. The first-order valence-corrected chi connectivity index (χ1v) is 6.18. The van der Waals surface area contributed by atoms with Crippen LogP contribution in [0.1, 0.15) is 11.1 Å². The van der Waals surface area contributed by atoms with Crippen LogP contribution in [-0.2, 0) is 6.54 Å². The number of nitro groups is 1. The van der Waals surface area contributed by atoms with Gasteiger partial charge in [-0.2, -0.15) is 0 Å². The number of anilines is 1. The van der Waals surface area contributed by atoms with Crippen molar-refractivity contribution >= 4 is 23.0 Å². The van der Waals surface area contributed by atoms with E-state index in [0.717, 1.165) is 11.1 Å². The van der Waals surface area contributed by atoms with Crippen molar-refractivity contribution in [2.45, 2.75) is 13.5 Å². The van der Waals surface area contributed by atoms with Crippen LogP contribution in [0.2, 0.25) is 5.02 Å². The summed E-state index contributed by atoms with van der Waals surface area (Å²) in [5.74, 6) is 0. The molecule has 2 rings (SSSR count). The summed E-state index contributed by atoms with van der Waals surface area (Å²) in [7, 11) is 0. The molecule has 0 bridgehead atoms. The average molecular weight is 277 g/mol. The Morgan fingerprint density at radius 3 is 2.63 bits per heavy atom. The second kappa shape index (κ2) is 5.71. The second-order valence-corrected chi connectivity index (χ2v) is 4.58. The molecule has 0 spiro atoms. The van der Waals surface area contributed by atoms with Gasteiger partial charge in [-0.1, -0.05) is 41.9 Å². The molecule has 0 atom stereocenters. The number of hydrogen-bond donors (Lipinski definition) is 1. The molecule has 1 N–H and O–H groups in total. The van der Waals surface area contributed by atoms with Crippen LogP contribution < -0.4 is 5.32 Å². The summed E-state index contributed by atoms with van der Waals surface area (Å²) in [5.41, 5.74) is 2.58. The van der Waals surface area contributed by atoms with Crippen molar-refractivity contribution in [3.63, 3.8) is 0 Å². The Kier molecular flexibility index (Phi) is 4.02. The summed E-state index contributed by atoms with van der Waals surface area (Å²) in [5, 5.41) is 14.2. The Labute approximate surface area is 116 Å². The van der Waals surface area contributed by atoms with Gasteiger partial charge in [0, 0.05) is 6.54 Å². The largest absolute Gasteiger partial charge is 0.375 e. The van der Waals surface area contributed by atoms with Gasteiger partial charge >= 0.3 is 5.69 Å². The highest BCUT2D eigenvalue weighted by atomic mass is 35.5. The van der Waals surface area contributed by atoms with Crippen LogP contribution in [-0.4, -0.2) is 4.92 Å². The molecule has 0 fully saturated rings. The van der Waals surface area contributed by atoms with Gasteiger partial charge in [-0.15, -0.1) is 0 Å². The molecule has 0 aliphatic carbocycles. The SMILES string of the molecule is Cc1ccccc1CNc1cccc(Cl)c1[N+](=O)[O-]. The molecule has 0 heterocycles. The van der Waals surface area contributed by atoms with Crippen molar-refractivity contribution < 1.29 is 4.92 Å². The van der Waals surface area contributed by atoms with Gasteiger partial charge in [-0.3, -0.25) is 10.1 Å². The van der Waals surface area contributed by atoms with E-state index in [1.54, 1.807) is 12.1 Å². The molecule has 0 saturated carbocycles. The van der Waals surface area contributed by atoms with Crippen molar-refractivity contribution in [1.29, 1.82) is 0 Å². The first-order chi connectivity index (χ1) is 9.09. The van der Waals surface area contributed by atoms with Crippen LogP contribution in [0.5, 0.6) is 0 Å². The maximum atomic E-state index is 11.0. The predicted molar refractivity (Wildman–Crippen MR) is 76.6 cm³/mol. The van der Waals surface area contributed by atoms with Crippen LogP contribution in [0, 0.1) is 17.0 Å². The Hall–Kier alpha value is -2.07. The van der Waals surface area contributed by atoms with Gasteiger partial charge in [0.25, 0.3) is 0 Å². The maximum absolute atomic E-state index is 11.0. The molecule has 0 aromatic heterocycles. The quantitative estimate of drug-likeness (QED) is 0.673. The van der Waals surface area contributed by atoms with Crippen LogP contribution >= 0.6 is 11.6 Å². The average Bonchev–Trinajstić information content (AvgIpc) is 2.37. The number of hydrogen-bond acceptors (Lipinski definition) is 3. The zero-order valence-electron chi connectivity index (χ0n) is 10.4. The highest BCUT2D eigenvalue weighted by Crippen LogP contribution is 2.32. The molecular formula is C14H13ClN2O2. The smallest absolute Gasteiger partial charge is 0.310 e. The standard InChI is InChI=1S/C14H13ClN2O2/c1-10-5-2-3-6-11(10)9-16-13-8-4-7-12(15)14(13)17(18)19/h2-8,16H,9H2,1H3. The molecule has 0 unspecified atom stereocenters. The van der Waals surface area contributed by atoms with Gasteiger partial charge in [0.05, 0.1) is 4.92 Å². The van der Waals surface area contributed by atoms with Gasteiger partial charge in [0.15, 0.2) is 0 Å². The van der Waals surface area contributed by atoms with E-state index in [9.17, 15) is 10.1 Å². The number of halogens is 1. The summed E-state index contributed by atoms with van der Waals surface area (Å²) in [6, 6.07) is 12.7. The molecule has 0 aliphatic heterocycles. The van der Waals surface area contributed by atoms with Crippen LogP contribution in [0.15, 0.2) is 42.5 Å². The number of nitrogens with one attached hydrogen (secondary N) is 1. The molecule has 19 heavy (non-hydrogen) atoms. The maximum Gasteiger partial charge on any atom is 0.310 e. The molecule has 0 amide bonds. The van der Waals surface area contributed by atoms with E-state index in [-0.39, 0.29) is 10.7 Å². The molecule has 98 valence electrons. The molecule has 0 radical (unpaired) electrons. The van der Waals surface area contributed by atoms with Crippen molar-refractivity contribution in [2.75, 3.05) is 5.32 Å². The third kappa shape index (κ3) is 3.03. The van der Waals surface area contributed by atoms with Gasteiger partial charge in [-0.05, 0) is 30.2 Å². The second-order valence-electron chi connectivity index (χ2n) is 4.17. The number of nitro benzene ring substituents is 1. The van der Waals surface area contributed by atoms with E-state index in [1.165, 1.54) is 6.07 Å². The molecule has 2 aromatic carbocycles. The summed E-state index contributed by atoms with van der Waals surface area (Å²) >= 11 is 5.86. The molecular weight excluding hydrogens is 264 g/mol. The van der Waals surface area contributed by atoms with E-state index in [0.29, 0.717) is 12.2 Å². The molecule has 2 aromatic rings. The van der Waals surface area contributed by atoms with E-state index >= 15 is 0 Å². The lowest BCUT2D eigenvalue weighted by atomic mass is 10.1. The summed E-state index contributed by atoms with van der Waals surface area (Å²) in [6.07, 6.45) is 0. The lowest BCUT2D eigenvalue weighted by molar-refractivity contribution is -0.383. The number of para-hydroxylation sites is 1. The Morgan fingerprint density at radius 2 is 1.95 bits per heavy atom. The summed E-state index contributed by atoms with van der Waals surface area (Å²) in [6.45, 7) is 2.53. The zero-order valence-corrected chi connectivity index (χ0v) is 11.1. The van der Waals surface area contributed by atoms with Crippen LogP contribution in [0.4, 0.5) is 11.4 Å². The first kappa shape index (κ1) is 13.4. The number of aryl methyl sites for hydroxylation is 1. The van der Waals surface area contributed by atoms with Gasteiger partial charge in [0.2, 0.25) is 0 Å². The lowest BCUT2D eigenvalue weighted by Gasteiger charge is -2.09. The van der Waals surface area contributed by atoms with E-state index in [4.69, 9.17) is 11.6 Å². The van der Waals surface area contributed by atoms with Crippen LogP contribution in [0.3, 0.4) is 0 Å². The molecule has 0 saturated heterocycles. The Balaban J connectivity index is 2.23. The topological polar surface area (TPSA) is 55.2 Å². The van der Waals surface area contributed by atoms with E-state index < -0.39 is 4.92 Å². The van der Waals surface area contributed by atoms with Gasteiger partial charge in [0.1, 0.15) is 10.7 Å². The highest BCUT2D eigenvalue weighted by Gasteiger charge is 2.17. The molecule has 4 nitrogen and oxygen atoms in total. The van der Waals surface area contributed by atoms with Gasteiger partial charge in [-0.25, -0.2) is 0 Å². The highest BCUT2D eigenvalue weighted by molar-refractivity contribution is 6.33. The van der Waals surface area contributed by atoms with Crippen molar-refractivity contribution in [2.24, 2.45) is 0 Å². The fraction of sp³-hybridized carbons (Fsp3) is 0.143. The molecule has 5 heteroatoms. The van der Waals surface area contributed by atoms with Crippen molar-refractivity contribution in [3.05, 3.63) is 68.7 Å². The van der Waals surface area contributed by atoms with Crippen molar-refractivity contribution in [3.8, 4) is 0 Å². The summed E-state index contributed by atoms with van der Waals surface area (Å²) < 4.78 is 0. The summed E-state index contributed by atoms with van der Waals surface area (Å²) in [4.78, 5) is 10.5.